The standard InChI is InChI=1S/C12H17N3O/c13-10-5-4-9(7-10)8-15-12(16)11-3-1-2-6-14-11/h1-3,6,9-10H,4-5,7-8,13H2,(H,15,16). The van der Waals surface area contributed by atoms with Crippen LogP contribution in [0.25, 0.3) is 0 Å². The largest absolute Gasteiger partial charge is 0.350 e. The highest BCUT2D eigenvalue weighted by molar-refractivity contribution is 5.92. The first-order chi connectivity index (χ1) is 7.75. The Morgan fingerprint density at radius 2 is 2.38 bits per heavy atom. The zero-order chi connectivity index (χ0) is 11.4. The van der Waals surface area contributed by atoms with Gasteiger partial charge in [0, 0.05) is 18.8 Å². The number of carbonyl (C=O) groups is 1. The minimum absolute atomic E-state index is 0.0962. The van der Waals surface area contributed by atoms with Crippen LogP contribution >= 0.6 is 0 Å². The zero-order valence-electron chi connectivity index (χ0n) is 9.23. The molecule has 1 amide bonds. The number of amides is 1. The summed E-state index contributed by atoms with van der Waals surface area (Å²) in [6, 6.07) is 5.65. The number of nitrogens with two attached hydrogens (primary N) is 1. The van der Waals surface area contributed by atoms with Gasteiger partial charge in [-0.25, -0.2) is 0 Å². The molecule has 1 saturated carbocycles. The molecule has 0 saturated heterocycles. The number of pyridine rings is 1. The number of nitrogens with zero attached hydrogens (tertiary/aromatic N) is 1. The lowest BCUT2D eigenvalue weighted by Crippen LogP contribution is -2.29. The molecule has 2 unspecified atom stereocenters. The highest BCUT2D eigenvalue weighted by Gasteiger charge is 2.22. The molecule has 4 heteroatoms. The van der Waals surface area contributed by atoms with Crippen molar-refractivity contribution >= 4 is 5.91 Å². The zero-order valence-corrected chi connectivity index (χ0v) is 9.23. The van der Waals surface area contributed by atoms with Crippen molar-refractivity contribution in [1.29, 1.82) is 0 Å². The van der Waals surface area contributed by atoms with Gasteiger partial charge < -0.3 is 11.1 Å². The van der Waals surface area contributed by atoms with Crippen LogP contribution in [0.2, 0.25) is 0 Å². The first kappa shape index (κ1) is 11.1. The van der Waals surface area contributed by atoms with Crippen molar-refractivity contribution in [1.82, 2.24) is 10.3 Å². The van der Waals surface area contributed by atoms with Gasteiger partial charge in [-0.05, 0) is 37.3 Å². The van der Waals surface area contributed by atoms with Crippen molar-refractivity contribution in [3.8, 4) is 0 Å². The summed E-state index contributed by atoms with van der Waals surface area (Å²) in [5.41, 5.74) is 6.29. The summed E-state index contributed by atoms with van der Waals surface area (Å²) < 4.78 is 0. The van der Waals surface area contributed by atoms with E-state index in [-0.39, 0.29) is 5.91 Å². The molecule has 0 aliphatic heterocycles. The number of carbonyl (C=O) groups excluding carboxylic acids is 1. The number of nitrogens with one attached hydrogen (secondary N) is 1. The average Bonchev–Trinajstić information content (AvgIpc) is 2.73. The molecule has 0 bridgehead atoms. The van der Waals surface area contributed by atoms with Crippen LogP contribution in [0.3, 0.4) is 0 Å². The predicted octanol–water partition coefficient (Wildman–Crippen LogP) is 0.939. The molecule has 1 aromatic heterocycles. The van der Waals surface area contributed by atoms with Crippen LogP contribution < -0.4 is 11.1 Å². The second-order valence-corrected chi connectivity index (χ2v) is 4.36. The highest BCUT2D eigenvalue weighted by atomic mass is 16.1. The van der Waals surface area contributed by atoms with E-state index in [1.807, 2.05) is 6.07 Å². The van der Waals surface area contributed by atoms with Crippen LogP contribution in [0.15, 0.2) is 24.4 Å². The molecule has 1 aliphatic carbocycles. The van der Waals surface area contributed by atoms with Crippen LogP contribution in [0.1, 0.15) is 29.8 Å². The van der Waals surface area contributed by atoms with Crippen molar-refractivity contribution < 1.29 is 4.79 Å². The van der Waals surface area contributed by atoms with Gasteiger partial charge in [0.25, 0.3) is 5.91 Å². The summed E-state index contributed by atoms with van der Waals surface area (Å²) in [6.45, 7) is 0.711. The Hall–Kier alpha value is -1.42. The number of aromatic nitrogens is 1. The number of hydrogen-bond donors (Lipinski definition) is 2. The molecule has 1 aliphatic rings. The highest BCUT2D eigenvalue weighted by Crippen LogP contribution is 2.23. The third-order valence-corrected chi connectivity index (χ3v) is 3.03. The van der Waals surface area contributed by atoms with Gasteiger partial charge in [0.15, 0.2) is 0 Å². The molecular weight excluding hydrogens is 202 g/mol. The van der Waals surface area contributed by atoms with Gasteiger partial charge in [0.05, 0.1) is 0 Å². The van der Waals surface area contributed by atoms with E-state index < -0.39 is 0 Å². The molecule has 2 rings (SSSR count). The third-order valence-electron chi connectivity index (χ3n) is 3.03. The fourth-order valence-electron chi connectivity index (χ4n) is 2.12. The van der Waals surface area contributed by atoms with Crippen molar-refractivity contribution in [2.24, 2.45) is 11.7 Å². The quantitative estimate of drug-likeness (QED) is 0.795. The molecule has 1 heterocycles. The predicted molar refractivity (Wildman–Crippen MR) is 61.9 cm³/mol. The van der Waals surface area contributed by atoms with Gasteiger partial charge in [-0.1, -0.05) is 6.07 Å². The van der Waals surface area contributed by atoms with Crippen molar-refractivity contribution in [3.63, 3.8) is 0 Å². The van der Waals surface area contributed by atoms with Gasteiger partial charge in [0.1, 0.15) is 5.69 Å². The molecular formula is C12H17N3O. The SMILES string of the molecule is NC1CCC(CNC(=O)c2ccccn2)C1. The normalized spacial score (nSPS) is 24.3. The van der Waals surface area contributed by atoms with E-state index in [2.05, 4.69) is 10.3 Å². The summed E-state index contributed by atoms with van der Waals surface area (Å²) in [5, 5.41) is 2.90. The van der Waals surface area contributed by atoms with Gasteiger partial charge >= 0.3 is 0 Å². The lowest BCUT2D eigenvalue weighted by atomic mass is 10.1. The average molecular weight is 219 g/mol. The maximum Gasteiger partial charge on any atom is 0.269 e. The molecule has 3 N–H and O–H groups in total. The van der Waals surface area contributed by atoms with Crippen molar-refractivity contribution in [3.05, 3.63) is 30.1 Å². The Kier molecular flexibility index (Phi) is 3.51. The Bertz CT molecular complexity index is 353. The molecule has 0 spiro atoms. The summed E-state index contributed by atoms with van der Waals surface area (Å²) in [4.78, 5) is 15.7. The fourth-order valence-corrected chi connectivity index (χ4v) is 2.12. The molecule has 0 aromatic carbocycles. The molecule has 1 fully saturated rings. The minimum atomic E-state index is -0.0962. The smallest absolute Gasteiger partial charge is 0.269 e. The Labute approximate surface area is 95.3 Å². The Balaban J connectivity index is 1.80. The Morgan fingerprint density at radius 3 is 3.00 bits per heavy atom. The van der Waals surface area contributed by atoms with E-state index in [1.165, 1.54) is 0 Å². The molecule has 4 nitrogen and oxygen atoms in total. The molecule has 86 valence electrons. The third kappa shape index (κ3) is 2.79. The van der Waals surface area contributed by atoms with Crippen LogP contribution in [0, 0.1) is 5.92 Å². The molecule has 1 aromatic rings. The van der Waals surface area contributed by atoms with Crippen molar-refractivity contribution in [2.75, 3.05) is 6.54 Å². The van der Waals surface area contributed by atoms with Crippen LogP contribution in [-0.4, -0.2) is 23.5 Å². The van der Waals surface area contributed by atoms with E-state index in [9.17, 15) is 4.79 Å². The van der Waals surface area contributed by atoms with E-state index in [4.69, 9.17) is 5.73 Å². The van der Waals surface area contributed by atoms with Crippen LogP contribution in [0.5, 0.6) is 0 Å². The summed E-state index contributed by atoms with van der Waals surface area (Å²) >= 11 is 0. The van der Waals surface area contributed by atoms with E-state index in [0.717, 1.165) is 19.3 Å². The fraction of sp³-hybridized carbons (Fsp3) is 0.500. The van der Waals surface area contributed by atoms with E-state index in [0.29, 0.717) is 24.2 Å². The van der Waals surface area contributed by atoms with Crippen molar-refractivity contribution in [2.45, 2.75) is 25.3 Å². The van der Waals surface area contributed by atoms with Gasteiger partial charge in [-0.3, -0.25) is 9.78 Å². The van der Waals surface area contributed by atoms with Gasteiger partial charge in [-0.2, -0.15) is 0 Å². The first-order valence-corrected chi connectivity index (χ1v) is 5.70. The topological polar surface area (TPSA) is 68.0 Å². The molecule has 0 radical (unpaired) electrons. The molecule has 16 heavy (non-hydrogen) atoms. The second-order valence-electron chi connectivity index (χ2n) is 4.36. The molecule has 2 atom stereocenters. The summed E-state index contributed by atoms with van der Waals surface area (Å²) in [5.74, 6) is 0.434. The maximum absolute atomic E-state index is 11.7. The Morgan fingerprint density at radius 1 is 1.50 bits per heavy atom. The van der Waals surface area contributed by atoms with E-state index in [1.54, 1.807) is 18.3 Å². The van der Waals surface area contributed by atoms with Crippen LogP contribution in [0.4, 0.5) is 0 Å². The van der Waals surface area contributed by atoms with Crippen LogP contribution in [-0.2, 0) is 0 Å². The second kappa shape index (κ2) is 5.07. The number of hydrogen-bond acceptors (Lipinski definition) is 3. The lowest BCUT2D eigenvalue weighted by Gasteiger charge is -2.10. The number of rotatable bonds is 3. The maximum atomic E-state index is 11.7. The summed E-state index contributed by atoms with van der Waals surface area (Å²) in [6.07, 6.45) is 4.83. The van der Waals surface area contributed by atoms with Gasteiger partial charge in [-0.15, -0.1) is 0 Å². The monoisotopic (exact) mass is 219 g/mol. The minimum Gasteiger partial charge on any atom is -0.350 e. The first-order valence-electron chi connectivity index (χ1n) is 5.70. The summed E-state index contributed by atoms with van der Waals surface area (Å²) in [7, 11) is 0. The lowest BCUT2D eigenvalue weighted by molar-refractivity contribution is 0.0942. The van der Waals surface area contributed by atoms with E-state index >= 15 is 0 Å². The van der Waals surface area contributed by atoms with Gasteiger partial charge in [0.2, 0.25) is 0 Å².